The second-order valence-corrected chi connectivity index (χ2v) is 9.13. The first-order valence-electron chi connectivity index (χ1n) is 8.67. The average Bonchev–Trinajstić information content (AvgIpc) is 3.28. The Balaban J connectivity index is 0.00000121. The molecule has 1 aromatic heterocycles. The predicted octanol–water partition coefficient (Wildman–Crippen LogP) is -0.108. The van der Waals surface area contributed by atoms with E-state index in [2.05, 4.69) is 87.1 Å². The smallest absolute Gasteiger partial charge is 1.00 e. The fourth-order valence-corrected chi connectivity index (χ4v) is 7.03. The van der Waals surface area contributed by atoms with Gasteiger partial charge in [0.05, 0.1) is 0 Å². The molecule has 0 aliphatic heterocycles. The third-order valence-corrected chi connectivity index (χ3v) is 8.89. The topological polar surface area (TPSA) is 4.93 Å². The molecule has 0 saturated heterocycles. The molecule has 2 aliphatic carbocycles. The zero-order valence-electron chi connectivity index (χ0n) is 15.6. The largest absolute Gasteiger partial charge is 1.00 e. The minimum absolute atomic E-state index is 0. The Labute approximate surface area is 178 Å². The summed E-state index contributed by atoms with van der Waals surface area (Å²) in [5, 5.41) is 0. The molecular weight excluding hydrogens is 397 g/mol. The Kier molecular flexibility index (Phi) is 6.85. The number of fused-ring (bicyclic) bond motifs is 1. The van der Waals surface area contributed by atoms with Crippen LogP contribution in [0.1, 0.15) is 43.0 Å². The molecule has 1 aromatic carbocycles. The third kappa shape index (κ3) is 3.43. The van der Waals surface area contributed by atoms with Crippen LogP contribution in [-0.2, 0) is 19.2 Å². The molecule has 1 nitrogen and oxygen atoms in total. The molecule has 134 valence electrons. The zero-order chi connectivity index (χ0) is 16.8. The van der Waals surface area contributed by atoms with Crippen LogP contribution in [0.2, 0.25) is 0 Å². The predicted molar refractivity (Wildman–Crippen MR) is 98.0 cm³/mol. The van der Waals surface area contributed by atoms with Crippen molar-refractivity contribution in [1.82, 2.24) is 4.57 Å². The molecule has 0 amide bonds. The molecule has 4 heteroatoms. The van der Waals surface area contributed by atoms with E-state index in [1.54, 1.807) is 15.0 Å². The van der Waals surface area contributed by atoms with Crippen molar-refractivity contribution in [2.45, 2.75) is 31.9 Å². The summed E-state index contributed by atoms with van der Waals surface area (Å²) >= 11 is -0.270. The van der Waals surface area contributed by atoms with Gasteiger partial charge in [0, 0.05) is 0 Å². The summed E-state index contributed by atoms with van der Waals surface area (Å²) in [5.74, 6) is 0.628. The molecule has 0 bridgehead atoms. The number of halogens is 2. The number of allylic oxidation sites excluding steroid dienone is 5. The van der Waals surface area contributed by atoms with E-state index in [9.17, 15) is 0 Å². The molecule has 1 heterocycles. The normalized spacial score (nSPS) is 21.0. The van der Waals surface area contributed by atoms with Gasteiger partial charge in [-0.25, -0.2) is 0 Å². The van der Waals surface area contributed by atoms with Crippen LogP contribution in [0.25, 0.3) is 11.8 Å². The van der Waals surface area contributed by atoms with Crippen molar-refractivity contribution < 1.29 is 44.0 Å². The molecule has 2 unspecified atom stereocenters. The molecule has 26 heavy (non-hydrogen) atoms. The monoisotopic (exact) mass is 419 g/mol. The maximum Gasteiger partial charge on any atom is -1.00 e. The van der Waals surface area contributed by atoms with Crippen LogP contribution in [0.5, 0.6) is 0 Å². The van der Waals surface area contributed by atoms with Crippen molar-refractivity contribution in [1.29, 1.82) is 0 Å². The first kappa shape index (κ1) is 21.3. The van der Waals surface area contributed by atoms with Crippen LogP contribution < -0.4 is 24.8 Å². The van der Waals surface area contributed by atoms with E-state index in [-0.39, 0.29) is 44.0 Å². The van der Waals surface area contributed by atoms with Gasteiger partial charge in [0.15, 0.2) is 0 Å². The Morgan fingerprint density at radius 3 is 2.15 bits per heavy atom. The van der Waals surface area contributed by atoms with Crippen molar-refractivity contribution >= 4 is 11.8 Å². The van der Waals surface area contributed by atoms with Gasteiger partial charge >= 0.3 is 154 Å². The van der Waals surface area contributed by atoms with Crippen molar-refractivity contribution in [2.75, 3.05) is 0 Å². The van der Waals surface area contributed by atoms with Crippen molar-refractivity contribution in [2.24, 2.45) is 5.92 Å². The molecule has 4 rings (SSSR count). The Morgan fingerprint density at radius 2 is 1.54 bits per heavy atom. The molecule has 0 spiro atoms. The van der Waals surface area contributed by atoms with Gasteiger partial charge in [0.2, 0.25) is 0 Å². The Morgan fingerprint density at radius 1 is 0.885 bits per heavy atom. The van der Waals surface area contributed by atoms with Gasteiger partial charge in [-0.3, -0.25) is 0 Å². The first-order valence-corrected chi connectivity index (χ1v) is 10.3. The first-order chi connectivity index (χ1) is 11.6. The van der Waals surface area contributed by atoms with E-state index in [1.807, 2.05) is 0 Å². The SMILES string of the molecule is CC1=C(C)C(C)[C]([Ti+2][CH]2C(n3cccc3)=Cc3ccccc32)=C1C.[Cl-].[Cl-]. The van der Waals surface area contributed by atoms with E-state index in [0.29, 0.717) is 10.1 Å². The van der Waals surface area contributed by atoms with Crippen molar-refractivity contribution in [3.63, 3.8) is 0 Å². The molecule has 2 aliphatic rings. The van der Waals surface area contributed by atoms with E-state index in [1.165, 1.54) is 22.4 Å². The maximum atomic E-state index is 2.40. The molecule has 2 aromatic rings. The van der Waals surface area contributed by atoms with Gasteiger partial charge in [-0.2, -0.15) is 0 Å². The van der Waals surface area contributed by atoms with Gasteiger partial charge in [-0.1, -0.05) is 0 Å². The maximum absolute atomic E-state index is 2.40. The van der Waals surface area contributed by atoms with Crippen LogP contribution in [0.15, 0.2) is 69.4 Å². The fourth-order valence-electron chi connectivity index (χ4n) is 3.94. The number of nitrogens with zero attached hydrogens (tertiary/aromatic N) is 1. The van der Waals surface area contributed by atoms with Crippen LogP contribution >= 0.6 is 0 Å². The summed E-state index contributed by atoms with van der Waals surface area (Å²) in [6.45, 7) is 9.34. The summed E-state index contributed by atoms with van der Waals surface area (Å²) < 4.78 is 4.63. The van der Waals surface area contributed by atoms with Crippen LogP contribution in [0, 0.1) is 5.92 Å². The summed E-state index contributed by atoms with van der Waals surface area (Å²) in [5.41, 5.74) is 9.05. The van der Waals surface area contributed by atoms with E-state index >= 15 is 0 Å². The molecule has 0 saturated carbocycles. The molecule has 2 atom stereocenters. The van der Waals surface area contributed by atoms with Crippen LogP contribution in [0.3, 0.4) is 0 Å². The van der Waals surface area contributed by atoms with E-state index < -0.39 is 0 Å². The summed E-state index contributed by atoms with van der Waals surface area (Å²) in [7, 11) is 0. The average molecular weight is 420 g/mol. The van der Waals surface area contributed by atoms with Crippen molar-refractivity contribution in [3.05, 3.63) is 80.5 Å². The van der Waals surface area contributed by atoms with Gasteiger partial charge < -0.3 is 24.8 Å². The number of hydrogen-bond donors (Lipinski definition) is 0. The quantitative estimate of drug-likeness (QED) is 0.612. The number of hydrogen-bond acceptors (Lipinski definition) is 0. The molecule has 0 N–H and O–H groups in total. The molecular formula is C22H23Cl2NTi. The van der Waals surface area contributed by atoms with Crippen LogP contribution in [0.4, 0.5) is 0 Å². The van der Waals surface area contributed by atoms with Gasteiger partial charge in [-0.15, -0.1) is 0 Å². The van der Waals surface area contributed by atoms with Gasteiger partial charge in [0.25, 0.3) is 0 Å². The van der Waals surface area contributed by atoms with Gasteiger partial charge in [-0.05, 0) is 0 Å². The molecule has 0 fully saturated rings. The van der Waals surface area contributed by atoms with E-state index in [0.717, 1.165) is 0 Å². The Bertz CT molecular complexity index is 891. The second-order valence-electron chi connectivity index (χ2n) is 6.93. The summed E-state index contributed by atoms with van der Waals surface area (Å²) in [6, 6.07) is 13.2. The number of benzene rings is 1. The number of aromatic nitrogens is 1. The summed E-state index contributed by atoms with van der Waals surface area (Å²) in [4.78, 5) is 0. The minimum Gasteiger partial charge on any atom is -1.00 e. The zero-order valence-corrected chi connectivity index (χ0v) is 18.6. The van der Waals surface area contributed by atoms with Crippen molar-refractivity contribution in [3.8, 4) is 0 Å². The number of rotatable bonds is 3. The van der Waals surface area contributed by atoms with Crippen LogP contribution in [-0.4, -0.2) is 4.57 Å². The standard InChI is InChI=1S/C13H10N.C9H13.2ClH.Ti/c1-2-6-12-10-13(9-11(12)5-1)14-7-3-4-8-14;1-6-5-7(2)9(4)8(6)3;;;/h1-10H;6H,1-4H3;2*1H;/q;;;;+2/p-2. The molecule has 0 radical (unpaired) electrons. The fraction of sp³-hybridized carbons (Fsp3) is 0.273. The van der Waals surface area contributed by atoms with E-state index in [4.69, 9.17) is 0 Å². The Hall–Kier alpha value is -0.986. The minimum atomic E-state index is -0.270. The van der Waals surface area contributed by atoms with Gasteiger partial charge in [0.1, 0.15) is 0 Å². The third-order valence-electron chi connectivity index (χ3n) is 5.75. The second kappa shape index (κ2) is 8.36. The summed E-state index contributed by atoms with van der Waals surface area (Å²) in [6.07, 6.45) is 6.77.